The first-order chi connectivity index (χ1) is 29.5. The van der Waals surface area contributed by atoms with E-state index in [4.69, 9.17) is 9.97 Å². The molecule has 2 heterocycles. The molecule has 3 nitrogen and oxygen atoms in total. The third kappa shape index (κ3) is 5.36. The zero-order valence-electron chi connectivity index (χ0n) is 33.4. The molecule has 60 heavy (non-hydrogen) atoms. The van der Waals surface area contributed by atoms with Gasteiger partial charge >= 0.3 is 0 Å². The Morgan fingerprint density at radius 2 is 0.950 bits per heavy atom. The fraction of sp³-hybridized carbons (Fsp3) is 0.0526. The second-order valence-electron chi connectivity index (χ2n) is 16.6. The lowest BCUT2D eigenvalue weighted by molar-refractivity contribution is 0.662. The van der Waals surface area contributed by atoms with Gasteiger partial charge in [-0.1, -0.05) is 166 Å². The normalized spacial score (nSPS) is 13.0. The van der Waals surface area contributed by atoms with E-state index >= 15 is 0 Å². The summed E-state index contributed by atoms with van der Waals surface area (Å²) >= 11 is 0. The maximum atomic E-state index is 5.33. The molecule has 2 aromatic heterocycles. The van der Waals surface area contributed by atoms with Crippen molar-refractivity contribution in [2.45, 2.75) is 19.3 Å². The van der Waals surface area contributed by atoms with Gasteiger partial charge in [-0.15, -0.1) is 0 Å². The van der Waals surface area contributed by atoms with Crippen molar-refractivity contribution < 1.29 is 0 Å². The molecule has 0 saturated heterocycles. The topological polar surface area (TPSA) is 30.7 Å². The highest BCUT2D eigenvalue weighted by molar-refractivity contribution is 6.12. The van der Waals surface area contributed by atoms with Crippen molar-refractivity contribution in [2.24, 2.45) is 0 Å². The minimum atomic E-state index is -0.146. The molecule has 0 spiro atoms. The predicted octanol–water partition coefficient (Wildman–Crippen LogP) is 14.9. The largest absolute Gasteiger partial charge is 0.309 e. The fourth-order valence-corrected chi connectivity index (χ4v) is 9.67. The standard InChI is InChI=1S/C57H39N3/c1-57(2)50-33-42-16-7-6-15-41(42)32-47(50)48-34-49-45-19-9-11-22-53(45)60(54(49)35-51(48)57)44-18-12-17-43(31-44)56-58-52-21-10-8-20-46(52)55(59-56)40-29-27-39(28-30-40)38-25-23-37(24-26-38)36-13-4-3-5-14-36/h3-35H,1-2H3. The summed E-state index contributed by atoms with van der Waals surface area (Å²) in [6.07, 6.45) is 0. The van der Waals surface area contributed by atoms with Gasteiger partial charge in [0.1, 0.15) is 0 Å². The molecule has 0 N–H and O–H groups in total. The number of aromatic nitrogens is 3. The summed E-state index contributed by atoms with van der Waals surface area (Å²) in [6.45, 7) is 4.74. The number of hydrogen-bond acceptors (Lipinski definition) is 2. The number of rotatable bonds is 5. The Hall–Kier alpha value is -7.62. The maximum absolute atomic E-state index is 5.33. The van der Waals surface area contributed by atoms with Crippen molar-refractivity contribution in [3.8, 4) is 61.7 Å². The quantitative estimate of drug-likeness (QED) is 0.175. The number of para-hydroxylation sites is 2. The average Bonchev–Trinajstić information content (AvgIpc) is 3.74. The van der Waals surface area contributed by atoms with Crippen LogP contribution in [0.3, 0.4) is 0 Å². The maximum Gasteiger partial charge on any atom is 0.160 e. The second-order valence-corrected chi connectivity index (χ2v) is 16.6. The fourth-order valence-electron chi connectivity index (χ4n) is 9.67. The van der Waals surface area contributed by atoms with E-state index in [1.807, 2.05) is 0 Å². The number of fused-ring (bicyclic) bond motifs is 8. The van der Waals surface area contributed by atoms with E-state index in [9.17, 15) is 0 Å². The predicted molar refractivity (Wildman–Crippen MR) is 251 cm³/mol. The smallest absolute Gasteiger partial charge is 0.160 e. The Labute approximate surface area is 348 Å². The molecule has 9 aromatic carbocycles. The monoisotopic (exact) mass is 765 g/mol. The zero-order chi connectivity index (χ0) is 40.0. The van der Waals surface area contributed by atoms with Crippen LogP contribution < -0.4 is 0 Å². The lowest BCUT2D eigenvalue weighted by atomic mass is 9.81. The van der Waals surface area contributed by atoms with E-state index < -0.39 is 0 Å². The molecule has 0 saturated carbocycles. The Bertz CT molecular complexity index is 3480. The van der Waals surface area contributed by atoms with Crippen molar-refractivity contribution in [1.29, 1.82) is 0 Å². The molecule has 11 aromatic rings. The molecule has 1 aliphatic carbocycles. The van der Waals surface area contributed by atoms with Crippen LogP contribution in [-0.4, -0.2) is 14.5 Å². The van der Waals surface area contributed by atoms with Crippen LogP contribution in [0, 0.1) is 0 Å². The summed E-state index contributed by atoms with van der Waals surface area (Å²) in [5, 5.41) is 6.10. The molecule has 3 heteroatoms. The first-order valence-corrected chi connectivity index (χ1v) is 20.7. The van der Waals surface area contributed by atoms with Gasteiger partial charge < -0.3 is 4.57 Å². The van der Waals surface area contributed by atoms with Crippen LogP contribution in [0.4, 0.5) is 0 Å². The summed E-state index contributed by atoms with van der Waals surface area (Å²) in [5.41, 5.74) is 17.4. The van der Waals surface area contributed by atoms with Gasteiger partial charge in [0, 0.05) is 38.4 Å². The van der Waals surface area contributed by atoms with Crippen LogP contribution in [0.5, 0.6) is 0 Å². The number of benzene rings is 9. The van der Waals surface area contributed by atoms with E-state index in [-0.39, 0.29) is 5.41 Å². The number of nitrogens with zero attached hydrogens (tertiary/aromatic N) is 3. The van der Waals surface area contributed by atoms with Crippen molar-refractivity contribution in [1.82, 2.24) is 14.5 Å². The Kier molecular flexibility index (Phi) is 7.58. The van der Waals surface area contributed by atoms with E-state index in [0.717, 1.165) is 33.4 Å². The lowest BCUT2D eigenvalue weighted by Gasteiger charge is -2.22. The Balaban J connectivity index is 0.959. The Morgan fingerprint density at radius 1 is 0.383 bits per heavy atom. The van der Waals surface area contributed by atoms with Gasteiger partial charge in [-0.25, -0.2) is 9.97 Å². The molecular formula is C57H39N3. The summed E-state index contributed by atoms with van der Waals surface area (Å²) in [7, 11) is 0. The zero-order valence-corrected chi connectivity index (χ0v) is 33.4. The first-order valence-electron chi connectivity index (χ1n) is 20.7. The van der Waals surface area contributed by atoms with Gasteiger partial charge in [-0.05, 0) is 104 Å². The molecule has 1 aliphatic rings. The lowest BCUT2D eigenvalue weighted by Crippen LogP contribution is -2.15. The molecule has 0 unspecified atom stereocenters. The summed E-state index contributed by atoms with van der Waals surface area (Å²) < 4.78 is 2.43. The summed E-state index contributed by atoms with van der Waals surface area (Å²) in [4.78, 5) is 10.5. The van der Waals surface area contributed by atoms with E-state index in [1.165, 1.54) is 77.1 Å². The van der Waals surface area contributed by atoms with E-state index in [0.29, 0.717) is 5.82 Å². The van der Waals surface area contributed by atoms with Crippen LogP contribution in [0.15, 0.2) is 200 Å². The average molecular weight is 766 g/mol. The SMILES string of the molecule is CC1(C)c2cc3ccccc3cc2-c2cc3c4ccccc4n(-c4cccc(-c5nc(-c6ccc(-c7ccc(-c8ccccc8)cc7)cc6)c6ccccc6n5)c4)c3cc21. The van der Waals surface area contributed by atoms with E-state index in [1.54, 1.807) is 0 Å². The van der Waals surface area contributed by atoms with Crippen LogP contribution >= 0.6 is 0 Å². The molecule has 12 rings (SSSR count). The summed E-state index contributed by atoms with van der Waals surface area (Å²) in [5.74, 6) is 0.705. The van der Waals surface area contributed by atoms with Gasteiger partial charge in [-0.3, -0.25) is 0 Å². The van der Waals surface area contributed by atoms with Gasteiger partial charge in [0.15, 0.2) is 5.82 Å². The minimum absolute atomic E-state index is 0.146. The highest BCUT2D eigenvalue weighted by Gasteiger charge is 2.36. The second kappa shape index (κ2) is 13.2. The van der Waals surface area contributed by atoms with Crippen LogP contribution in [-0.2, 0) is 5.41 Å². The van der Waals surface area contributed by atoms with Crippen molar-refractivity contribution in [3.63, 3.8) is 0 Å². The van der Waals surface area contributed by atoms with E-state index in [2.05, 4.69) is 219 Å². The van der Waals surface area contributed by atoms with Gasteiger partial charge in [0.2, 0.25) is 0 Å². The van der Waals surface area contributed by atoms with Crippen LogP contribution in [0.1, 0.15) is 25.0 Å². The van der Waals surface area contributed by atoms with Crippen molar-refractivity contribution >= 4 is 43.5 Å². The highest BCUT2D eigenvalue weighted by atomic mass is 15.0. The molecule has 0 fully saturated rings. The van der Waals surface area contributed by atoms with Gasteiger partial charge in [-0.2, -0.15) is 0 Å². The minimum Gasteiger partial charge on any atom is -0.309 e. The van der Waals surface area contributed by atoms with Crippen LogP contribution in [0.2, 0.25) is 0 Å². The molecular weight excluding hydrogens is 727 g/mol. The molecule has 0 bridgehead atoms. The molecule has 0 atom stereocenters. The molecule has 0 amide bonds. The number of hydrogen-bond donors (Lipinski definition) is 0. The molecule has 282 valence electrons. The first kappa shape index (κ1) is 34.4. The molecule has 0 aliphatic heterocycles. The van der Waals surface area contributed by atoms with Gasteiger partial charge in [0.05, 0.1) is 22.2 Å². The van der Waals surface area contributed by atoms with Crippen molar-refractivity contribution in [2.75, 3.05) is 0 Å². The third-order valence-corrected chi connectivity index (χ3v) is 12.8. The molecule has 0 radical (unpaired) electrons. The Morgan fingerprint density at radius 3 is 1.70 bits per heavy atom. The van der Waals surface area contributed by atoms with Crippen LogP contribution in [0.25, 0.3) is 105 Å². The third-order valence-electron chi connectivity index (χ3n) is 12.8. The summed E-state index contributed by atoms with van der Waals surface area (Å²) in [6, 6.07) is 72.4. The van der Waals surface area contributed by atoms with Gasteiger partial charge in [0.25, 0.3) is 0 Å². The van der Waals surface area contributed by atoms with Crippen molar-refractivity contribution in [3.05, 3.63) is 211 Å². The highest BCUT2D eigenvalue weighted by Crippen LogP contribution is 2.52.